The molecule has 0 radical (unpaired) electrons. The van der Waals surface area contributed by atoms with E-state index < -0.39 is 6.09 Å². The van der Waals surface area contributed by atoms with Gasteiger partial charge in [-0.1, -0.05) is 30.3 Å². The summed E-state index contributed by atoms with van der Waals surface area (Å²) in [5.74, 6) is -0.197. The summed E-state index contributed by atoms with van der Waals surface area (Å²) in [7, 11) is 3.64. The zero-order valence-electron chi connectivity index (χ0n) is 14.3. The predicted molar refractivity (Wildman–Crippen MR) is 92.9 cm³/mol. The molecule has 0 unspecified atom stereocenters. The molecule has 6 heteroatoms. The third kappa shape index (κ3) is 5.08. The summed E-state index contributed by atoms with van der Waals surface area (Å²) in [4.78, 5) is 30.9. The Labute approximate surface area is 142 Å². The van der Waals surface area contributed by atoms with Crippen LogP contribution in [0.25, 0.3) is 0 Å². The summed E-state index contributed by atoms with van der Waals surface area (Å²) >= 11 is 0. The highest BCUT2D eigenvalue weighted by atomic mass is 16.4. The van der Waals surface area contributed by atoms with Crippen LogP contribution in [0.3, 0.4) is 0 Å². The highest BCUT2D eigenvalue weighted by Crippen LogP contribution is 2.29. The number of amides is 2. The Balaban J connectivity index is 1.93. The normalized spacial score (nSPS) is 20.8. The molecule has 1 aliphatic carbocycles. The van der Waals surface area contributed by atoms with E-state index in [-0.39, 0.29) is 17.9 Å². The summed E-state index contributed by atoms with van der Waals surface area (Å²) in [6, 6.07) is 9.56. The molecular formula is C18H25N3O3. The first-order chi connectivity index (χ1) is 11.5. The van der Waals surface area contributed by atoms with Crippen LogP contribution in [0, 0.1) is 5.92 Å². The predicted octanol–water partition coefficient (Wildman–Crippen LogP) is 2.84. The highest BCUT2D eigenvalue weighted by molar-refractivity contribution is 5.86. The van der Waals surface area contributed by atoms with Gasteiger partial charge in [0.25, 0.3) is 0 Å². The van der Waals surface area contributed by atoms with Crippen LogP contribution >= 0.6 is 0 Å². The molecule has 0 atom stereocenters. The summed E-state index contributed by atoms with van der Waals surface area (Å²) in [5, 5.41) is 9.54. The van der Waals surface area contributed by atoms with Gasteiger partial charge in [0.1, 0.15) is 0 Å². The van der Waals surface area contributed by atoms with Crippen LogP contribution in [0.15, 0.2) is 35.3 Å². The summed E-state index contributed by atoms with van der Waals surface area (Å²) in [5.41, 5.74) is 0.980. The average Bonchev–Trinajstić information content (AvgIpc) is 2.58. The number of carbonyl (C=O) groups excluding carboxylic acids is 1. The Bertz CT molecular complexity index is 578. The monoisotopic (exact) mass is 331 g/mol. The topological polar surface area (TPSA) is 73.2 Å². The van der Waals surface area contributed by atoms with Crippen molar-refractivity contribution >= 4 is 18.3 Å². The van der Waals surface area contributed by atoms with Crippen LogP contribution in [-0.2, 0) is 11.3 Å². The molecule has 1 N–H and O–H groups in total. The minimum Gasteiger partial charge on any atom is -0.465 e. The number of carboxylic acid groups (broad SMARTS) is 1. The van der Waals surface area contributed by atoms with Gasteiger partial charge in [0.15, 0.2) is 0 Å². The van der Waals surface area contributed by atoms with E-state index in [0.717, 1.165) is 5.56 Å². The van der Waals surface area contributed by atoms with Gasteiger partial charge in [-0.2, -0.15) is 0 Å². The van der Waals surface area contributed by atoms with E-state index in [1.54, 1.807) is 4.90 Å². The number of rotatable bonds is 5. The number of carbonyl (C=O) groups is 2. The van der Waals surface area contributed by atoms with Crippen molar-refractivity contribution in [3.05, 3.63) is 35.9 Å². The minimum absolute atomic E-state index is 0.0374. The zero-order valence-corrected chi connectivity index (χ0v) is 14.3. The van der Waals surface area contributed by atoms with E-state index in [9.17, 15) is 14.7 Å². The third-order valence-corrected chi connectivity index (χ3v) is 4.34. The van der Waals surface area contributed by atoms with Crippen LogP contribution in [-0.4, -0.2) is 53.4 Å². The van der Waals surface area contributed by atoms with Crippen molar-refractivity contribution in [3.63, 3.8) is 0 Å². The van der Waals surface area contributed by atoms with Crippen molar-refractivity contribution in [1.82, 2.24) is 9.80 Å². The lowest BCUT2D eigenvalue weighted by Crippen LogP contribution is -2.41. The molecule has 24 heavy (non-hydrogen) atoms. The van der Waals surface area contributed by atoms with Gasteiger partial charge in [-0.05, 0) is 31.2 Å². The van der Waals surface area contributed by atoms with Gasteiger partial charge in [-0.15, -0.1) is 0 Å². The molecule has 0 spiro atoms. The lowest BCUT2D eigenvalue weighted by atomic mass is 9.85. The maximum absolute atomic E-state index is 12.0. The molecule has 2 amide bonds. The first-order valence-corrected chi connectivity index (χ1v) is 8.25. The second-order valence-corrected chi connectivity index (χ2v) is 6.45. The molecule has 0 saturated heterocycles. The number of nitrogens with zero attached hydrogens (tertiary/aromatic N) is 3. The molecule has 1 aliphatic rings. The van der Waals surface area contributed by atoms with Gasteiger partial charge in [0, 0.05) is 32.6 Å². The van der Waals surface area contributed by atoms with E-state index in [2.05, 4.69) is 4.99 Å². The van der Waals surface area contributed by atoms with Crippen molar-refractivity contribution in [2.45, 2.75) is 38.3 Å². The first-order valence-electron chi connectivity index (χ1n) is 8.25. The Morgan fingerprint density at radius 2 is 1.79 bits per heavy atom. The summed E-state index contributed by atoms with van der Waals surface area (Å²) in [6.07, 6.45) is 3.40. The molecule has 6 nitrogen and oxygen atoms in total. The quantitative estimate of drug-likeness (QED) is 0.665. The lowest BCUT2D eigenvalue weighted by Gasteiger charge is -2.34. The highest BCUT2D eigenvalue weighted by Gasteiger charge is 2.31. The van der Waals surface area contributed by atoms with Gasteiger partial charge < -0.3 is 14.9 Å². The molecule has 0 heterocycles. The Morgan fingerprint density at radius 3 is 2.33 bits per heavy atom. The van der Waals surface area contributed by atoms with E-state index >= 15 is 0 Å². The fourth-order valence-corrected chi connectivity index (χ4v) is 3.05. The fourth-order valence-electron chi connectivity index (χ4n) is 3.05. The van der Waals surface area contributed by atoms with Crippen molar-refractivity contribution in [3.8, 4) is 0 Å². The fraction of sp³-hybridized carbons (Fsp3) is 0.500. The van der Waals surface area contributed by atoms with Crippen LogP contribution in [0.1, 0.15) is 31.2 Å². The van der Waals surface area contributed by atoms with Crippen molar-refractivity contribution in [2.75, 3.05) is 14.1 Å². The van der Waals surface area contributed by atoms with Crippen molar-refractivity contribution in [2.24, 2.45) is 10.9 Å². The molecule has 1 aromatic rings. The van der Waals surface area contributed by atoms with Gasteiger partial charge in [-0.3, -0.25) is 4.79 Å². The molecule has 2 rings (SSSR count). The minimum atomic E-state index is -0.903. The average molecular weight is 331 g/mol. The molecule has 130 valence electrons. The summed E-state index contributed by atoms with van der Waals surface area (Å²) < 4.78 is 0. The molecular weight excluding hydrogens is 306 g/mol. The maximum atomic E-state index is 12.0. The Hall–Kier alpha value is -2.37. The van der Waals surface area contributed by atoms with Crippen molar-refractivity contribution < 1.29 is 14.7 Å². The van der Waals surface area contributed by atoms with Gasteiger partial charge in [0.2, 0.25) is 5.91 Å². The SMILES string of the molecule is CN(C)C=NC(=O)[C@H]1CC[C@H](N(Cc2ccccc2)C(=O)O)CC1. The molecule has 0 bridgehead atoms. The van der Waals surface area contributed by atoms with E-state index in [0.29, 0.717) is 32.2 Å². The van der Waals surface area contributed by atoms with Gasteiger partial charge in [0.05, 0.1) is 6.34 Å². The standard InChI is InChI=1S/C18H25N3O3/c1-20(2)13-19-17(22)15-8-10-16(11-9-15)21(18(23)24)12-14-6-4-3-5-7-14/h3-7,13,15-16H,8-12H2,1-2H3,(H,23,24)/t15-,16-. The molecule has 1 saturated carbocycles. The molecule has 0 aliphatic heterocycles. The maximum Gasteiger partial charge on any atom is 0.407 e. The second-order valence-electron chi connectivity index (χ2n) is 6.45. The number of hydrogen-bond acceptors (Lipinski definition) is 2. The Kier molecular flexibility index (Phi) is 6.35. The van der Waals surface area contributed by atoms with Crippen molar-refractivity contribution in [1.29, 1.82) is 0 Å². The zero-order chi connectivity index (χ0) is 17.5. The first kappa shape index (κ1) is 18.0. The van der Waals surface area contributed by atoms with E-state index in [1.807, 2.05) is 44.4 Å². The molecule has 1 fully saturated rings. The number of aliphatic imine (C=N–C) groups is 1. The molecule has 1 aromatic carbocycles. The van der Waals surface area contributed by atoms with Gasteiger partial charge >= 0.3 is 6.09 Å². The van der Waals surface area contributed by atoms with E-state index in [1.165, 1.54) is 11.2 Å². The molecule has 0 aromatic heterocycles. The second kappa shape index (κ2) is 8.47. The number of hydrogen-bond donors (Lipinski definition) is 1. The largest absolute Gasteiger partial charge is 0.465 e. The third-order valence-electron chi connectivity index (χ3n) is 4.34. The van der Waals surface area contributed by atoms with Crippen LogP contribution in [0.2, 0.25) is 0 Å². The Morgan fingerprint density at radius 1 is 1.17 bits per heavy atom. The number of benzene rings is 1. The van der Waals surface area contributed by atoms with Crippen LogP contribution in [0.5, 0.6) is 0 Å². The smallest absolute Gasteiger partial charge is 0.407 e. The van der Waals surface area contributed by atoms with E-state index in [4.69, 9.17) is 0 Å². The summed E-state index contributed by atoms with van der Waals surface area (Å²) in [6.45, 7) is 0.387. The van der Waals surface area contributed by atoms with Crippen LogP contribution in [0.4, 0.5) is 4.79 Å². The van der Waals surface area contributed by atoms with Gasteiger partial charge in [-0.25, -0.2) is 9.79 Å². The lowest BCUT2D eigenvalue weighted by molar-refractivity contribution is -0.122. The van der Waals surface area contributed by atoms with Crippen LogP contribution < -0.4 is 0 Å².